The van der Waals surface area contributed by atoms with Crippen molar-refractivity contribution in [3.63, 3.8) is 0 Å². The summed E-state index contributed by atoms with van der Waals surface area (Å²) in [5.41, 5.74) is 1.07. The van der Waals surface area contributed by atoms with Gasteiger partial charge in [-0.05, 0) is 18.1 Å². The van der Waals surface area contributed by atoms with Crippen LogP contribution < -0.4 is 4.90 Å². The fraction of sp³-hybridized carbons (Fsp3) is 0.588. The number of para-hydroxylation sites is 1. The SMILES string of the molecule is OC[C@H]1CN(c2nc3ccccc3s2)C[C@H]1CN1CCOCC1. The van der Waals surface area contributed by atoms with Crippen LogP contribution in [0.4, 0.5) is 5.13 Å². The molecular weight excluding hydrogens is 310 g/mol. The average molecular weight is 333 g/mol. The Balaban J connectivity index is 1.47. The molecule has 0 bridgehead atoms. The van der Waals surface area contributed by atoms with Gasteiger partial charge in [0.25, 0.3) is 0 Å². The summed E-state index contributed by atoms with van der Waals surface area (Å²) >= 11 is 1.75. The highest BCUT2D eigenvalue weighted by atomic mass is 32.1. The van der Waals surface area contributed by atoms with Gasteiger partial charge in [0, 0.05) is 45.2 Å². The fourth-order valence-corrected chi connectivity index (χ4v) is 4.60. The third-order valence-electron chi connectivity index (χ3n) is 4.96. The molecule has 2 aliphatic heterocycles. The van der Waals surface area contributed by atoms with Crippen LogP contribution in [0.3, 0.4) is 0 Å². The number of ether oxygens (including phenoxy) is 1. The van der Waals surface area contributed by atoms with Gasteiger partial charge in [-0.15, -0.1) is 0 Å². The van der Waals surface area contributed by atoms with Crippen molar-refractivity contribution in [3.8, 4) is 0 Å². The molecule has 0 aliphatic carbocycles. The molecule has 0 radical (unpaired) electrons. The van der Waals surface area contributed by atoms with Crippen LogP contribution in [-0.4, -0.2) is 67.5 Å². The zero-order valence-electron chi connectivity index (χ0n) is 13.2. The summed E-state index contributed by atoms with van der Waals surface area (Å²) in [5, 5.41) is 10.9. The Morgan fingerprint density at radius 1 is 1.17 bits per heavy atom. The number of benzene rings is 1. The van der Waals surface area contributed by atoms with E-state index in [2.05, 4.69) is 28.0 Å². The standard InChI is InChI=1S/C17H23N3O2S/c21-12-14-11-20(10-13(14)9-19-5-7-22-8-6-19)17-18-15-3-1-2-4-16(15)23-17/h1-4,13-14,21H,5-12H2/t13-,14-/m1/s1. The van der Waals surface area contributed by atoms with Crippen LogP contribution in [0, 0.1) is 11.8 Å². The predicted molar refractivity (Wildman–Crippen MR) is 93.2 cm³/mol. The van der Waals surface area contributed by atoms with E-state index in [4.69, 9.17) is 9.72 Å². The predicted octanol–water partition coefficient (Wildman–Crippen LogP) is 1.67. The van der Waals surface area contributed by atoms with E-state index in [-0.39, 0.29) is 6.61 Å². The molecule has 5 nitrogen and oxygen atoms in total. The first kappa shape index (κ1) is 15.3. The van der Waals surface area contributed by atoms with Crippen LogP contribution >= 0.6 is 11.3 Å². The summed E-state index contributed by atoms with van der Waals surface area (Å²) in [7, 11) is 0. The fourth-order valence-electron chi connectivity index (χ4n) is 3.62. The topological polar surface area (TPSA) is 48.8 Å². The summed E-state index contributed by atoms with van der Waals surface area (Å²) in [6, 6.07) is 8.29. The van der Waals surface area contributed by atoms with Gasteiger partial charge in [0.15, 0.2) is 5.13 Å². The molecule has 124 valence electrons. The molecule has 4 rings (SSSR count). The molecule has 0 amide bonds. The molecule has 2 saturated heterocycles. The van der Waals surface area contributed by atoms with E-state index in [1.54, 1.807) is 11.3 Å². The minimum atomic E-state index is 0.260. The van der Waals surface area contributed by atoms with Gasteiger partial charge in [0.1, 0.15) is 0 Å². The molecule has 0 unspecified atom stereocenters. The first-order valence-electron chi connectivity index (χ1n) is 8.35. The Bertz CT molecular complexity index is 623. The first-order valence-corrected chi connectivity index (χ1v) is 9.16. The van der Waals surface area contributed by atoms with E-state index in [9.17, 15) is 5.11 Å². The maximum Gasteiger partial charge on any atom is 0.186 e. The number of aliphatic hydroxyl groups excluding tert-OH is 1. The van der Waals surface area contributed by atoms with Crippen molar-refractivity contribution >= 4 is 26.7 Å². The Kier molecular flexibility index (Phi) is 4.48. The van der Waals surface area contributed by atoms with Crippen molar-refractivity contribution in [3.05, 3.63) is 24.3 Å². The van der Waals surface area contributed by atoms with Gasteiger partial charge in [-0.1, -0.05) is 23.5 Å². The lowest BCUT2D eigenvalue weighted by Gasteiger charge is -2.30. The van der Waals surface area contributed by atoms with Crippen LogP contribution in [0.1, 0.15) is 0 Å². The normalized spacial score (nSPS) is 26.2. The number of fused-ring (bicyclic) bond motifs is 1. The van der Waals surface area contributed by atoms with Gasteiger partial charge in [0.05, 0.1) is 23.4 Å². The van der Waals surface area contributed by atoms with E-state index in [1.165, 1.54) is 4.70 Å². The van der Waals surface area contributed by atoms with Crippen molar-refractivity contribution < 1.29 is 9.84 Å². The van der Waals surface area contributed by atoms with Crippen LogP contribution in [0.25, 0.3) is 10.2 Å². The van der Waals surface area contributed by atoms with Gasteiger partial charge in [-0.3, -0.25) is 4.90 Å². The van der Waals surface area contributed by atoms with E-state index < -0.39 is 0 Å². The molecular formula is C17H23N3O2S. The Morgan fingerprint density at radius 2 is 1.96 bits per heavy atom. The lowest BCUT2D eigenvalue weighted by molar-refractivity contribution is 0.0268. The monoisotopic (exact) mass is 333 g/mol. The minimum absolute atomic E-state index is 0.260. The van der Waals surface area contributed by atoms with Gasteiger partial charge in [-0.2, -0.15) is 0 Å². The minimum Gasteiger partial charge on any atom is -0.396 e. The second-order valence-corrected chi connectivity index (χ2v) is 7.49. The van der Waals surface area contributed by atoms with Gasteiger partial charge < -0.3 is 14.7 Å². The molecule has 23 heavy (non-hydrogen) atoms. The molecule has 0 spiro atoms. The molecule has 2 aromatic rings. The number of rotatable bonds is 4. The van der Waals surface area contributed by atoms with Crippen LogP contribution in [0.15, 0.2) is 24.3 Å². The van der Waals surface area contributed by atoms with E-state index in [1.807, 2.05) is 6.07 Å². The summed E-state index contributed by atoms with van der Waals surface area (Å²) in [6.45, 7) is 6.89. The van der Waals surface area contributed by atoms with Crippen LogP contribution in [0.5, 0.6) is 0 Å². The quantitative estimate of drug-likeness (QED) is 0.922. The molecule has 2 atom stereocenters. The van der Waals surface area contributed by atoms with Crippen molar-refractivity contribution in [2.24, 2.45) is 11.8 Å². The first-order chi connectivity index (χ1) is 11.3. The maximum absolute atomic E-state index is 9.78. The molecule has 2 aliphatic rings. The lowest BCUT2D eigenvalue weighted by Crippen LogP contribution is -2.41. The number of thiazole rings is 1. The third kappa shape index (κ3) is 3.21. The Hall–Kier alpha value is -1.21. The summed E-state index contributed by atoms with van der Waals surface area (Å²) < 4.78 is 6.67. The zero-order chi connectivity index (χ0) is 15.6. The number of aromatic nitrogens is 1. The number of aliphatic hydroxyl groups is 1. The van der Waals surface area contributed by atoms with E-state index >= 15 is 0 Å². The number of hydrogen-bond donors (Lipinski definition) is 1. The highest BCUT2D eigenvalue weighted by Gasteiger charge is 2.35. The average Bonchev–Trinajstić information content (AvgIpc) is 3.19. The molecule has 1 N–H and O–H groups in total. The molecule has 2 fully saturated rings. The maximum atomic E-state index is 9.78. The number of hydrogen-bond acceptors (Lipinski definition) is 6. The highest BCUT2D eigenvalue weighted by molar-refractivity contribution is 7.22. The Morgan fingerprint density at radius 3 is 2.74 bits per heavy atom. The molecule has 3 heterocycles. The number of nitrogens with zero attached hydrogens (tertiary/aromatic N) is 3. The molecule has 1 aromatic carbocycles. The highest BCUT2D eigenvalue weighted by Crippen LogP contribution is 2.34. The number of anilines is 1. The van der Waals surface area contributed by atoms with Crippen molar-refractivity contribution in [1.82, 2.24) is 9.88 Å². The van der Waals surface area contributed by atoms with Crippen molar-refractivity contribution in [2.45, 2.75) is 0 Å². The van der Waals surface area contributed by atoms with E-state index in [0.29, 0.717) is 11.8 Å². The molecule has 0 saturated carbocycles. The summed E-state index contributed by atoms with van der Waals surface area (Å²) in [5.74, 6) is 0.843. The summed E-state index contributed by atoms with van der Waals surface area (Å²) in [4.78, 5) is 9.60. The molecule has 1 aromatic heterocycles. The van der Waals surface area contributed by atoms with Crippen LogP contribution in [-0.2, 0) is 4.74 Å². The Labute approximate surface area is 140 Å². The van der Waals surface area contributed by atoms with E-state index in [0.717, 1.165) is 56.6 Å². The second-order valence-electron chi connectivity index (χ2n) is 6.48. The smallest absolute Gasteiger partial charge is 0.186 e. The lowest BCUT2D eigenvalue weighted by atomic mass is 9.96. The largest absolute Gasteiger partial charge is 0.396 e. The second kappa shape index (κ2) is 6.73. The summed E-state index contributed by atoms with van der Waals surface area (Å²) in [6.07, 6.45) is 0. The zero-order valence-corrected chi connectivity index (χ0v) is 14.0. The van der Waals surface area contributed by atoms with Crippen LogP contribution in [0.2, 0.25) is 0 Å². The third-order valence-corrected chi connectivity index (χ3v) is 6.06. The molecule has 6 heteroatoms. The van der Waals surface area contributed by atoms with Crippen molar-refractivity contribution in [2.75, 3.05) is 57.4 Å². The number of morpholine rings is 1. The van der Waals surface area contributed by atoms with Gasteiger partial charge >= 0.3 is 0 Å². The van der Waals surface area contributed by atoms with Crippen molar-refractivity contribution in [1.29, 1.82) is 0 Å². The van der Waals surface area contributed by atoms with Gasteiger partial charge in [0.2, 0.25) is 0 Å². The van der Waals surface area contributed by atoms with Gasteiger partial charge in [-0.25, -0.2) is 4.98 Å².